The van der Waals surface area contributed by atoms with Gasteiger partial charge in [-0.3, -0.25) is 0 Å². The fourth-order valence-electron chi connectivity index (χ4n) is 2.02. The van der Waals surface area contributed by atoms with Crippen molar-refractivity contribution in [2.75, 3.05) is 12.8 Å². The maximum Gasteiger partial charge on any atom is 0.222 e. The van der Waals surface area contributed by atoms with Gasteiger partial charge in [0.1, 0.15) is 15.6 Å². The summed E-state index contributed by atoms with van der Waals surface area (Å²) in [4.78, 5) is 12.0. The maximum atomic E-state index is 5.84. The largest absolute Gasteiger partial charge is 0.496 e. The number of aryl methyl sites for hydroxylation is 1. The van der Waals surface area contributed by atoms with Crippen LogP contribution in [0, 0.1) is 0 Å². The number of benzene rings is 1. The van der Waals surface area contributed by atoms with Crippen LogP contribution in [-0.2, 0) is 6.42 Å². The van der Waals surface area contributed by atoms with Crippen LogP contribution >= 0.6 is 23.1 Å². The standard InChI is InChI=1S/C15H15N3OS2/c1-3-9-8-10-13(20-9)17-15(16)18-14(10)21-12-7-5-4-6-11(12)19-2/h4-8H,3H2,1-2H3,(H2,16,17,18). The van der Waals surface area contributed by atoms with Crippen LogP contribution in [0.2, 0.25) is 0 Å². The summed E-state index contributed by atoms with van der Waals surface area (Å²) < 4.78 is 5.39. The molecule has 0 bridgehead atoms. The fraction of sp³-hybridized carbons (Fsp3) is 0.200. The molecule has 2 N–H and O–H groups in total. The summed E-state index contributed by atoms with van der Waals surface area (Å²) in [6, 6.07) is 10.0. The Hall–Kier alpha value is -1.79. The molecule has 0 radical (unpaired) electrons. The van der Waals surface area contributed by atoms with E-state index >= 15 is 0 Å². The van der Waals surface area contributed by atoms with Crippen molar-refractivity contribution in [1.82, 2.24) is 9.97 Å². The van der Waals surface area contributed by atoms with E-state index in [4.69, 9.17) is 10.5 Å². The minimum atomic E-state index is 0.310. The van der Waals surface area contributed by atoms with Crippen molar-refractivity contribution in [1.29, 1.82) is 0 Å². The summed E-state index contributed by atoms with van der Waals surface area (Å²) in [7, 11) is 1.67. The smallest absolute Gasteiger partial charge is 0.222 e. The first-order valence-electron chi connectivity index (χ1n) is 6.58. The number of hydrogen-bond acceptors (Lipinski definition) is 6. The summed E-state index contributed by atoms with van der Waals surface area (Å²) in [5, 5.41) is 1.93. The number of anilines is 1. The SMILES string of the molecule is CCc1cc2c(Sc3ccccc3OC)nc(N)nc2s1. The highest BCUT2D eigenvalue weighted by Crippen LogP contribution is 2.39. The molecule has 0 spiro atoms. The highest BCUT2D eigenvalue weighted by Gasteiger charge is 2.13. The van der Waals surface area contributed by atoms with Crippen molar-refractivity contribution in [2.24, 2.45) is 0 Å². The lowest BCUT2D eigenvalue weighted by atomic mass is 10.3. The van der Waals surface area contributed by atoms with Crippen LogP contribution < -0.4 is 10.5 Å². The topological polar surface area (TPSA) is 61.0 Å². The summed E-state index contributed by atoms with van der Waals surface area (Å²) in [6.45, 7) is 2.13. The molecule has 1 aromatic carbocycles. The molecule has 2 aromatic heterocycles. The Balaban J connectivity index is 2.09. The molecule has 21 heavy (non-hydrogen) atoms. The van der Waals surface area contributed by atoms with E-state index in [0.717, 1.165) is 32.3 Å². The number of aromatic nitrogens is 2. The van der Waals surface area contributed by atoms with Gasteiger partial charge in [0, 0.05) is 10.3 Å². The van der Waals surface area contributed by atoms with E-state index in [-0.39, 0.29) is 0 Å². The molecule has 0 amide bonds. The first-order chi connectivity index (χ1) is 10.2. The van der Waals surface area contributed by atoms with Gasteiger partial charge in [-0.05, 0) is 24.6 Å². The van der Waals surface area contributed by atoms with Crippen molar-refractivity contribution in [2.45, 2.75) is 23.3 Å². The zero-order valence-corrected chi connectivity index (χ0v) is 13.4. The van der Waals surface area contributed by atoms with Gasteiger partial charge in [0.25, 0.3) is 0 Å². The Morgan fingerprint density at radius 1 is 1.29 bits per heavy atom. The molecule has 3 aromatic rings. The van der Waals surface area contributed by atoms with Gasteiger partial charge in [-0.1, -0.05) is 30.8 Å². The second-order valence-electron chi connectivity index (χ2n) is 4.42. The zero-order chi connectivity index (χ0) is 14.8. The summed E-state index contributed by atoms with van der Waals surface area (Å²) >= 11 is 3.23. The van der Waals surface area contributed by atoms with Gasteiger partial charge in [0.05, 0.1) is 12.0 Å². The number of thiophene rings is 1. The third-order valence-electron chi connectivity index (χ3n) is 3.05. The number of para-hydroxylation sites is 1. The van der Waals surface area contributed by atoms with Crippen LogP contribution in [0.5, 0.6) is 5.75 Å². The van der Waals surface area contributed by atoms with Crippen molar-refractivity contribution in [3.8, 4) is 5.75 Å². The van der Waals surface area contributed by atoms with E-state index in [1.54, 1.807) is 30.2 Å². The van der Waals surface area contributed by atoms with Crippen LogP contribution in [0.3, 0.4) is 0 Å². The summed E-state index contributed by atoms with van der Waals surface area (Å²) in [6.07, 6.45) is 0.986. The maximum absolute atomic E-state index is 5.84. The van der Waals surface area contributed by atoms with Gasteiger partial charge >= 0.3 is 0 Å². The molecule has 0 aliphatic rings. The van der Waals surface area contributed by atoms with Crippen molar-refractivity contribution < 1.29 is 4.74 Å². The molecule has 0 unspecified atom stereocenters. The molecule has 4 nitrogen and oxygen atoms in total. The number of rotatable bonds is 4. The Morgan fingerprint density at radius 3 is 2.86 bits per heavy atom. The molecule has 0 fully saturated rings. The normalized spacial score (nSPS) is 11.0. The molecule has 6 heteroatoms. The zero-order valence-electron chi connectivity index (χ0n) is 11.8. The molecular formula is C15H15N3OS2. The average Bonchev–Trinajstić information content (AvgIpc) is 2.91. The fourth-order valence-corrected chi connectivity index (χ4v) is 4.07. The van der Waals surface area contributed by atoms with Gasteiger partial charge in [0.15, 0.2) is 0 Å². The van der Waals surface area contributed by atoms with E-state index in [0.29, 0.717) is 5.95 Å². The number of ether oxygens (including phenoxy) is 1. The van der Waals surface area contributed by atoms with Gasteiger partial charge < -0.3 is 10.5 Å². The molecule has 0 aliphatic carbocycles. The molecule has 108 valence electrons. The highest BCUT2D eigenvalue weighted by atomic mass is 32.2. The van der Waals surface area contributed by atoms with Crippen LogP contribution in [-0.4, -0.2) is 17.1 Å². The Kier molecular flexibility index (Phi) is 3.98. The Bertz CT molecular complexity index is 786. The van der Waals surface area contributed by atoms with Crippen molar-refractivity contribution >= 4 is 39.3 Å². The highest BCUT2D eigenvalue weighted by molar-refractivity contribution is 7.99. The second kappa shape index (κ2) is 5.91. The quantitative estimate of drug-likeness (QED) is 0.737. The van der Waals surface area contributed by atoms with Gasteiger partial charge in [-0.15, -0.1) is 11.3 Å². The average molecular weight is 317 g/mol. The van der Waals surface area contributed by atoms with E-state index < -0.39 is 0 Å². The van der Waals surface area contributed by atoms with Gasteiger partial charge in [-0.2, -0.15) is 0 Å². The van der Waals surface area contributed by atoms with Crippen LogP contribution in [0.15, 0.2) is 40.3 Å². The minimum absolute atomic E-state index is 0.310. The third kappa shape index (κ3) is 2.82. The molecule has 0 saturated carbocycles. The van der Waals surface area contributed by atoms with E-state index in [1.807, 2.05) is 24.3 Å². The van der Waals surface area contributed by atoms with E-state index in [1.165, 1.54) is 4.88 Å². The minimum Gasteiger partial charge on any atom is -0.496 e. The summed E-state index contributed by atoms with van der Waals surface area (Å²) in [5.41, 5.74) is 5.84. The van der Waals surface area contributed by atoms with Crippen molar-refractivity contribution in [3.63, 3.8) is 0 Å². The third-order valence-corrected chi connectivity index (χ3v) is 5.29. The predicted molar refractivity (Wildman–Crippen MR) is 88.3 cm³/mol. The molecule has 2 heterocycles. The first-order valence-corrected chi connectivity index (χ1v) is 8.21. The van der Waals surface area contributed by atoms with Gasteiger partial charge in [0.2, 0.25) is 5.95 Å². The lowest BCUT2D eigenvalue weighted by Crippen LogP contribution is -1.95. The number of fused-ring (bicyclic) bond motifs is 1. The number of nitrogens with zero attached hydrogens (tertiary/aromatic N) is 2. The lowest BCUT2D eigenvalue weighted by molar-refractivity contribution is 0.405. The lowest BCUT2D eigenvalue weighted by Gasteiger charge is -2.08. The summed E-state index contributed by atoms with van der Waals surface area (Å²) in [5.74, 6) is 1.14. The first kappa shape index (κ1) is 14.2. The van der Waals surface area contributed by atoms with Crippen molar-refractivity contribution in [3.05, 3.63) is 35.2 Å². The molecule has 0 atom stereocenters. The number of hydrogen-bond donors (Lipinski definition) is 1. The van der Waals surface area contributed by atoms with Crippen LogP contribution in [0.25, 0.3) is 10.2 Å². The van der Waals surface area contributed by atoms with Crippen LogP contribution in [0.1, 0.15) is 11.8 Å². The number of methoxy groups -OCH3 is 1. The van der Waals surface area contributed by atoms with Gasteiger partial charge in [-0.25, -0.2) is 9.97 Å². The molecule has 3 rings (SSSR count). The molecular weight excluding hydrogens is 302 g/mol. The number of nitrogen functional groups attached to an aromatic ring is 1. The second-order valence-corrected chi connectivity index (χ2v) is 6.57. The van der Waals surface area contributed by atoms with E-state index in [2.05, 4.69) is 23.0 Å². The molecule has 0 saturated heterocycles. The van der Waals surface area contributed by atoms with E-state index in [9.17, 15) is 0 Å². The monoisotopic (exact) mass is 317 g/mol. The molecule has 0 aliphatic heterocycles. The predicted octanol–water partition coefficient (Wildman–Crippen LogP) is 4.00. The number of nitrogens with two attached hydrogens (primary N) is 1. The Morgan fingerprint density at radius 2 is 2.10 bits per heavy atom. The Labute approximate surface area is 131 Å². The van der Waals surface area contributed by atoms with Crippen LogP contribution in [0.4, 0.5) is 5.95 Å².